The van der Waals surface area contributed by atoms with Crippen LogP contribution in [0.2, 0.25) is 0 Å². The molecule has 0 fully saturated rings. The largest absolute Gasteiger partial charge is 0.369 e. The van der Waals surface area contributed by atoms with Gasteiger partial charge < -0.3 is 5.73 Å². The van der Waals surface area contributed by atoms with Gasteiger partial charge in [0.2, 0.25) is 5.91 Å². The van der Waals surface area contributed by atoms with Gasteiger partial charge in [0.25, 0.3) is 0 Å². The van der Waals surface area contributed by atoms with Gasteiger partial charge in [-0.25, -0.2) is 9.63 Å². The van der Waals surface area contributed by atoms with E-state index in [1.807, 2.05) is 0 Å². The molecular formula is C6H8N2O5. The normalized spacial score (nSPS) is 8.77. The molecule has 7 nitrogen and oxygen atoms in total. The SMILES string of the molecule is CON(O)C(=O)C(=C=O)CC(N)=O. The Morgan fingerprint density at radius 3 is 2.46 bits per heavy atom. The number of nitrogens with two attached hydrogens (primary N) is 1. The van der Waals surface area contributed by atoms with Crippen LogP contribution in [0.4, 0.5) is 0 Å². The van der Waals surface area contributed by atoms with Crippen LogP contribution in [0.15, 0.2) is 5.57 Å². The van der Waals surface area contributed by atoms with Gasteiger partial charge >= 0.3 is 5.91 Å². The fourth-order valence-electron chi connectivity index (χ4n) is 0.528. The van der Waals surface area contributed by atoms with Crippen LogP contribution in [0.1, 0.15) is 6.42 Å². The highest BCUT2D eigenvalue weighted by Gasteiger charge is 2.19. The Balaban J connectivity index is 4.53. The molecule has 7 heteroatoms. The molecule has 0 heterocycles. The van der Waals surface area contributed by atoms with Crippen molar-refractivity contribution < 1.29 is 24.4 Å². The van der Waals surface area contributed by atoms with Gasteiger partial charge in [-0.1, -0.05) is 5.23 Å². The van der Waals surface area contributed by atoms with Crippen molar-refractivity contribution in [3.63, 3.8) is 0 Å². The van der Waals surface area contributed by atoms with E-state index in [0.29, 0.717) is 0 Å². The van der Waals surface area contributed by atoms with E-state index < -0.39 is 23.8 Å². The quantitative estimate of drug-likeness (QED) is 0.239. The lowest BCUT2D eigenvalue weighted by atomic mass is 10.2. The van der Waals surface area contributed by atoms with Gasteiger partial charge in [-0.2, -0.15) is 0 Å². The van der Waals surface area contributed by atoms with Crippen LogP contribution < -0.4 is 5.73 Å². The smallest absolute Gasteiger partial charge is 0.311 e. The summed E-state index contributed by atoms with van der Waals surface area (Å²) in [4.78, 5) is 35.4. The van der Waals surface area contributed by atoms with Crippen LogP contribution in [0.3, 0.4) is 0 Å². The number of hydrogen-bond acceptors (Lipinski definition) is 5. The first kappa shape index (κ1) is 11.3. The van der Waals surface area contributed by atoms with Crippen LogP contribution in [-0.2, 0) is 19.2 Å². The molecule has 0 aromatic heterocycles. The maximum atomic E-state index is 10.9. The molecule has 0 aliphatic rings. The summed E-state index contributed by atoms with van der Waals surface area (Å²) in [5.41, 5.74) is 4.12. The highest BCUT2D eigenvalue weighted by molar-refractivity contribution is 6.03. The average Bonchev–Trinajstić information content (AvgIpc) is 2.11. The van der Waals surface area contributed by atoms with E-state index in [9.17, 15) is 14.4 Å². The van der Waals surface area contributed by atoms with Crippen LogP contribution in [0, 0.1) is 0 Å². The summed E-state index contributed by atoms with van der Waals surface area (Å²) in [6.45, 7) is 0. The summed E-state index contributed by atoms with van der Waals surface area (Å²) in [7, 11) is 1.00. The van der Waals surface area contributed by atoms with Crippen LogP contribution >= 0.6 is 0 Å². The predicted octanol–water partition coefficient (Wildman–Crippen LogP) is -1.60. The summed E-state index contributed by atoms with van der Waals surface area (Å²) < 4.78 is 0. The second-order valence-electron chi connectivity index (χ2n) is 1.98. The molecule has 0 aliphatic carbocycles. The minimum Gasteiger partial charge on any atom is -0.369 e. The van der Waals surface area contributed by atoms with E-state index in [-0.39, 0.29) is 5.23 Å². The van der Waals surface area contributed by atoms with Crippen LogP contribution in [0.5, 0.6) is 0 Å². The van der Waals surface area contributed by atoms with Gasteiger partial charge in [-0.15, -0.1) is 0 Å². The first-order valence-corrected chi connectivity index (χ1v) is 3.12. The molecular weight excluding hydrogens is 180 g/mol. The number of carbonyl (C=O) groups is 2. The molecule has 0 aromatic carbocycles. The molecule has 72 valence electrons. The van der Waals surface area contributed by atoms with E-state index in [0.717, 1.165) is 7.11 Å². The molecule has 2 amide bonds. The lowest BCUT2D eigenvalue weighted by Gasteiger charge is -2.09. The Morgan fingerprint density at radius 1 is 1.62 bits per heavy atom. The molecule has 3 N–H and O–H groups in total. The second-order valence-corrected chi connectivity index (χ2v) is 1.98. The molecule has 0 unspecified atom stereocenters. The number of carbonyl (C=O) groups excluding carboxylic acids is 3. The first-order valence-electron chi connectivity index (χ1n) is 3.12. The lowest BCUT2D eigenvalue weighted by Crippen LogP contribution is -2.29. The third-order valence-corrected chi connectivity index (χ3v) is 1.08. The zero-order valence-corrected chi connectivity index (χ0v) is 6.81. The fraction of sp³-hybridized carbons (Fsp3) is 0.333. The van der Waals surface area contributed by atoms with Crippen molar-refractivity contribution in [2.45, 2.75) is 6.42 Å². The van der Waals surface area contributed by atoms with E-state index in [1.54, 1.807) is 0 Å². The Hall–Kier alpha value is -1.69. The predicted molar refractivity (Wildman–Crippen MR) is 38.7 cm³/mol. The number of rotatable bonds is 4. The van der Waals surface area contributed by atoms with E-state index >= 15 is 0 Å². The molecule has 0 aromatic rings. The zero-order chi connectivity index (χ0) is 10.4. The monoisotopic (exact) mass is 188 g/mol. The highest BCUT2D eigenvalue weighted by atomic mass is 16.9. The van der Waals surface area contributed by atoms with Crippen molar-refractivity contribution in [1.29, 1.82) is 0 Å². The van der Waals surface area contributed by atoms with Gasteiger partial charge in [0.15, 0.2) is 0 Å². The average molecular weight is 188 g/mol. The Bertz CT molecular complexity index is 268. The molecule has 0 saturated heterocycles. The summed E-state index contributed by atoms with van der Waals surface area (Å²) >= 11 is 0. The Kier molecular flexibility index (Phi) is 4.39. The minimum atomic E-state index is -1.17. The third kappa shape index (κ3) is 3.48. The van der Waals surface area contributed by atoms with Gasteiger partial charge in [0, 0.05) is 0 Å². The Morgan fingerprint density at radius 2 is 2.15 bits per heavy atom. The summed E-state index contributed by atoms with van der Waals surface area (Å²) in [5, 5.41) is 8.46. The second kappa shape index (κ2) is 5.04. The summed E-state index contributed by atoms with van der Waals surface area (Å²) in [6, 6.07) is 0. The molecule has 0 bridgehead atoms. The molecule has 0 aliphatic heterocycles. The van der Waals surface area contributed by atoms with Crippen molar-refractivity contribution in [3.05, 3.63) is 5.57 Å². The number of primary amides is 1. The summed E-state index contributed by atoms with van der Waals surface area (Å²) in [6.07, 6.45) is -0.594. The number of hydroxylamine groups is 2. The van der Waals surface area contributed by atoms with E-state index in [2.05, 4.69) is 4.84 Å². The highest BCUT2D eigenvalue weighted by Crippen LogP contribution is 2.00. The minimum absolute atomic E-state index is 0.191. The van der Waals surface area contributed by atoms with Crippen molar-refractivity contribution >= 4 is 17.8 Å². The molecule has 0 radical (unpaired) electrons. The molecule has 0 rings (SSSR count). The lowest BCUT2D eigenvalue weighted by molar-refractivity contribution is -0.298. The maximum Gasteiger partial charge on any atom is 0.311 e. The maximum absolute atomic E-state index is 10.9. The molecule has 0 spiro atoms. The van der Waals surface area contributed by atoms with Crippen LogP contribution in [-0.4, -0.2) is 35.3 Å². The fourth-order valence-corrected chi connectivity index (χ4v) is 0.528. The molecule has 13 heavy (non-hydrogen) atoms. The van der Waals surface area contributed by atoms with E-state index in [4.69, 9.17) is 10.9 Å². The van der Waals surface area contributed by atoms with E-state index in [1.165, 1.54) is 5.94 Å². The number of nitrogens with zero attached hydrogens (tertiary/aromatic N) is 1. The third-order valence-electron chi connectivity index (χ3n) is 1.08. The topological polar surface area (TPSA) is 110 Å². The standard InChI is InChI=1S/C6H8N2O5/c1-13-8(12)6(11)4(3-9)2-5(7)10/h12H,2H2,1H3,(H2,7,10). The molecule has 0 saturated carbocycles. The number of amides is 2. The van der Waals surface area contributed by atoms with Gasteiger partial charge in [-0.3, -0.25) is 14.8 Å². The zero-order valence-electron chi connectivity index (χ0n) is 6.81. The van der Waals surface area contributed by atoms with Gasteiger partial charge in [0.1, 0.15) is 11.5 Å². The summed E-state index contributed by atoms with van der Waals surface area (Å²) in [5.74, 6) is -0.866. The van der Waals surface area contributed by atoms with Gasteiger partial charge in [-0.05, 0) is 0 Å². The van der Waals surface area contributed by atoms with Crippen molar-refractivity contribution in [3.8, 4) is 0 Å². The van der Waals surface area contributed by atoms with Crippen molar-refractivity contribution in [2.24, 2.45) is 5.73 Å². The van der Waals surface area contributed by atoms with Crippen molar-refractivity contribution in [2.75, 3.05) is 7.11 Å². The Labute approximate surface area is 73.3 Å². The number of hydrogen-bond donors (Lipinski definition) is 2. The molecule has 0 atom stereocenters. The first-order chi connectivity index (χ1) is 6.02. The van der Waals surface area contributed by atoms with Gasteiger partial charge in [0.05, 0.1) is 13.5 Å². The van der Waals surface area contributed by atoms with Crippen molar-refractivity contribution in [1.82, 2.24) is 5.23 Å². The van der Waals surface area contributed by atoms with Crippen LogP contribution in [0.25, 0.3) is 0 Å².